The standard InChI is InChI=1S/C23H29N5O/c1-5-23(2,3)28-22(24-25-26-28)21(18-10-12-20(29-4)13-11-18)27-15-14-17-8-6-7-9-19(17)16-27/h6-13,21H,5,14-16H2,1-4H3/p+1/t21-/m1/s1. The van der Waals surface area contributed by atoms with Crippen LogP contribution < -0.4 is 9.64 Å². The minimum absolute atomic E-state index is 0.0649. The zero-order valence-corrected chi connectivity index (χ0v) is 17.7. The molecule has 0 fully saturated rings. The van der Waals surface area contributed by atoms with Crippen molar-refractivity contribution in [3.8, 4) is 5.75 Å². The highest BCUT2D eigenvalue weighted by molar-refractivity contribution is 5.32. The quantitative estimate of drug-likeness (QED) is 0.701. The van der Waals surface area contributed by atoms with Gasteiger partial charge in [-0.05, 0) is 60.5 Å². The van der Waals surface area contributed by atoms with Crippen molar-refractivity contribution in [1.82, 2.24) is 20.2 Å². The third kappa shape index (κ3) is 3.77. The number of tetrazole rings is 1. The normalized spacial score (nSPS) is 17.6. The van der Waals surface area contributed by atoms with Crippen LogP contribution in [0, 0.1) is 0 Å². The summed E-state index contributed by atoms with van der Waals surface area (Å²) < 4.78 is 7.40. The molecule has 0 bridgehead atoms. The molecule has 1 N–H and O–H groups in total. The average Bonchev–Trinajstić information content (AvgIpc) is 3.25. The van der Waals surface area contributed by atoms with Crippen LogP contribution in [0.2, 0.25) is 0 Å². The highest BCUT2D eigenvalue weighted by Crippen LogP contribution is 2.26. The van der Waals surface area contributed by atoms with Gasteiger partial charge in [0.15, 0.2) is 6.04 Å². The highest BCUT2D eigenvalue weighted by atomic mass is 16.5. The van der Waals surface area contributed by atoms with E-state index in [-0.39, 0.29) is 11.6 Å². The highest BCUT2D eigenvalue weighted by Gasteiger charge is 2.36. The number of hydrogen-bond donors (Lipinski definition) is 1. The predicted octanol–water partition coefficient (Wildman–Crippen LogP) is 2.56. The van der Waals surface area contributed by atoms with Gasteiger partial charge in [0.2, 0.25) is 5.82 Å². The molecule has 6 nitrogen and oxygen atoms in total. The molecule has 0 saturated heterocycles. The number of methoxy groups -OCH3 is 1. The van der Waals surface area contributed by atoms with E-state index < -0.39 is 0 Å². The van der Waals surface area contributed by atoms with Gasteiger partial charge < -0.3 is 9.64 Å². The summed E-state index contributed by atoms with van der Waals surface area (Å²) in [6.07, 6.45) is 2.02. The molecular weight excluding hydrogens is 362 g/mol. The Kier molecular flexibility index (Phi) is 5.37. The Morgan fingerprint density at radius 3 is 2.52 bits per heavy atom. The lowest BCUT2D eigenvalue weighted by atomic mass is 9.95. The fourth-order valence-electron chi connectivity index (χ4n) is 4.17. The van der Waals surface area contributed by atoms with Crippen LogP contribution in [-0.2, 0) is 18.5 Å². The van der Waals surface area contributed by atoms with Gasteiger partial charge in [0, 0.05) is 17.5 Å². The van der Waals surface area contributed by atoms with Crippen molar-refractivity contribution in [3.63, 3.8) is 0 Å². The van der Waals surface area contributed by atoms with Gasteiger partial charge in [-0.15, -0.1) is 5.10 Å². The fraction of sp³-hybridized carbons (Fsp3) is 0.435. The van der Waals surface area contributed by atoms with E-state index in [4.69, 9.17) is 4.74 Å². The van der Waals surface area contributed by atoms with Crippen molar-refractivity contribution in [2.45, 2.75) is 51.7 Å². The van der Waals surface area contributed by atoms with Gasteiger partial charge in [-0.1, -0.05) is 31.2 Å². The van der Waals surface area contributed by atoms with Gasteiger partial charge in [-0.25, -0.2) is 4.68 Å². The second-order valence-corrected chi connectivity index (χ2v) is 8.42. The maximum absolute atomic E-state index is 5.37. The summed E-state index contributed by atoms with van der Waals surface area (Å²) in [4.78, 5) is 1.47. The number of aromatic nitrogens is 4. The van der Waals surface area contributed by atoms with E-state index in [0.29, 0.717) is 0 Å². The zero-order chi connectivity index (χ0) is 20.4. The van der Waals surface area contributed by atoms with Gasteiger partial charge in [-0.3, -0.25) is 0 Å². The maximum Gasteiger partial charge on any atom is 0.214 e. The largest absolute Gasteiger partial charge is 0.497 e. The topological polar surface area (TPSA) is 57.3 Å². The summed E-state index contributed by atoms with van der Waals surface area (Å²) in [6.45, 7) is 8.58. The van der Waals surface area contributed by atoms with Gasteiger partial charge in [0.05, 0.1) is 19.2 Å². The molecule has 4 rings (SSSR count). The molecule has 1 unspecified atom stereocenters. The van der Waals surface area contributed by atoms with Crippen LogP contribution in [-0.4, -0.2) is 33.9 Å². The summed E-state index contributed by atoms with van der Waals surface area (Å²) in [5.41, 5.74) is 3.94. The van der Waals surface area contributed by atoms with Crippen LogP contribution in [0.4, 0.5) is 0 Å². The zero-order valence-electron chi connectivity index (χ0n) is 17.7. The molecule has 1 aliphatic heterocycles. The Balaban J connectivity index is 1.78. The fourth-order valence-corrected chi connectivity index (χ4v) is 4.17. The number of benzene rings is 2. The SMILES string of the molecule is CCC(C)(C)n1nnnc1[C@@H](c1ccc(OC)cc1)[NH+]1CCc2ccccc2C1. The van der Waals surface area contributed by atoms with Crippen LogP contribution in [0.5, 0.6) is 5.75 Å². The number of nitrogens with one attached hydrogen (secondary N) is 1. The molecule has 0 aliphatic carbocycles. The van der Waals surface area contributed by atoms with Crippen LogP contribution in [0.25, 0.3) is 0 Å². The maximum atomic E-state index is 5.37. The number of quaternary nitrogens is 1. The molecule has 1 aromatic heterocycles. The van der Waals surface area contributed by atoms with Gasteiger partial charge >= 0.3 is 0 Å². The smallest absolute Gasteiger partial charge is 0.214 e. The second kappa shape index (κ2) is 7.95. The number of hydrogen-bond acceptors (Lipinski definition) is 4. The Labute approximate surface area is 172 Å². The van der Waals surface area contributed by atoms with E-state index in [1.807, 2.05) is 16.8 Å². The molecule has 2 heterocycles. The first-order chi connectivity index (χ1) is 14.0. The second-order valence-electron chi connectivity index (χ2n) is 8.42. The van der Waals surface area contributed by atoms with Crippen molar-refractivity contribution in [3.05, 3.63) is 71.0 Å². The van der Waals surface area contributed by atoms with E-state index in [0.717, 1.165) is 37.5 Å². The molecule has 29 heavy (non-hydrogen) atoms. The summed E-state index contributed by atoms with van der Waals surface area (Å²) in [5, 5.41) is 13.0. The first-order valence-corrected chi connectivity index (χ1v) is 10.4. The van der Waals surface area contributed by atoms with E-state index in [9.17, 15) is 0 Å². The molecule has 2 atom stereocenters. The first kappa shape index (κ1) is 19.6. The number of ether oxygens (including phenoxy) is 1. The summed E-state index contributed by atoms with van der Waals surface area (Å²) in [7, 11) is 1.70. The molecule has 1 aliphatic rings. The van der Waals surface area contributed by atoms with Crippen molar-refractivity contribution in [2.24, 2.45) is 0 Å². The monoisotopic (exact) mass is 392 g/mol. The van der Waals surface area contributed by atoms with Crippen LogP contribution in [0.15, 0.2) is 48.5 Å². The summed E-state index contributed by atoms with van der Waals surface area (Å²) >= 11 is 0. The van der Waals surface area contributed by atoms with Crippen LogP contribution >= 0.6 is 0 Å². The third-order valence-electron chi connectivity index (χ3n) is 6.30. The number of nitrogens with zero attached hydrogens (tertiary/aromatic N) is 4. The Morgan fingerprint density at radius 2 is 1.83 bits per heavy atom. The molecule has 152 valence electrons. The summed E-state index contributed by atoms with van der Waals surface area (Å²) in [5.74, 6) is 1.79. The molecular formula is C23H30N5O+. The average molecular weight is 393 g/mol. The molecule has 0 spiro atoms. The first-order valence-electron chi connectivity index (χ1n) is 10.4. The van der Waals surface area contributed by atoms with E-state index in [1.54, 1.807) is 7.11 Å². The number of fused-ring (bicyclic) bond motifs is 1. The van der Waals surface area contributed by atoms with Crippen LogP contribution in [0.1, 0.15) is 55.7 Å². The van der Waals surface area contributed by atoms with Crippen molar-refractivity contribution in [1.29, 1.82) is 0 Å². The molecule has 2 aromatic carbocycles. The van der Waals surface area contributed by atoms with Gasteiger partial charge in [-0.2, -0.15) is 0 Å². The minimum atomic E-state index is -0.142. The van der Waals surface area contributed by atoms with E-state index in [2.05, 4.69) is 72.7 Å². The van der Waals surface area contributed by atoms with Crippen LogP contribution in [0.3, 0.4) is 0 Å². The summed E-state index contributed by atoms with van der Waals surface area (Å²) in [6, 6.07) is 17.2. The predicted molar refractivity (Wildman–Crippen MR) is 112 cm³/mol. The van der Waals surface area contributed by atoms with E-state index >= 15 is 0 Å². The van der Waals surface area contributed by atoms with Crippen molar-refractivity contribution < 1.29 is 9.64 Å². The third-order valence-corrected chi connectivity index (χ3v) is 6.30. The van der Waals surface area contributed by atoms with Crippen molar-refractivity contribution >= 4 is 0 Å². The molecule has 0 radical (unpaired) electrons. The lowest BCUT2D eigenvalue weighted by Crippen LogP contribution is -3.12. The van der Waals surface area contributed by atoms with Gasteiger partial charge in [0.25, 0.3) is 0 Å². The minimum Gasteiger partial charge on any atom is -0.497 e. The Bertz CT molecular complexity index is 963. The van der Waals surface area contributed by atoms with Gasteiger partial charge in [0.1, 0.15) is 12.3 Å². The molecule has 6 heteroatoms. The van der Waals surface area contributed by atoms with E-state index in [1.165, 1.54) is 21.6 Å². The molecule has 0 amide bonds. The Morgan fingerprint density at radius 1 is 1.10 bits per heavy atom. The Hall–Kier alpha value is -2.73. The molecule has 3 aromatic rings. The lowest BCUT2D eigenvalue weighted by molar-refractivity contribution is -0.941. The van der Waals surface area contributed by atoms with Crippen molar-refractivity contribution in [2.75, 3.05) is 13.7 Å². The lowest BCUT2D eigenvalue weighted by Gasteiger charge is -2.34. The number of rotatable bonds is 6. The molecule has 0 saturated carbocycles.